The topological polar surface area (TPSA) is 70.6 Å². The Labute approximate surface area is 175 Å². The molecule has 1 aromatic rings. The predicted molar refractivity (Wildman–Crippen MR) is 120 cm³/mol. The van der Waals surface area contributed by atoms with Gasteiger partial charge in [0.05, 0.1) is 12.3 Å². The number of nitrogens with one attached hydrogen (secondary N) is 2. The zero-order valence-electron chi connectivity index (χ0n) is 15.8. The lowest BCUT2D eigenvalue weighted by Crippen LogP contribution is -2.39. The van der Waals surface area contributed by atoms with Gasteiger partial charge in [-0.3, -0.25) is 4.99 Å². The average Bonchev–Trinajstić information content (AvgIpc) is 3.06. The maximum absolute atomic E-state index is 11.2. The number of guanidine groups is 1. The summed E-state index contributed by atoms with van der Waals surface area (Å²) in [7, 11) is -2.91. The van der Waals surface area contributed by atoms with Crippen molar-refractivity contribution in [2.75, 3.05) is 31.6 Å². The highest BCUT2D eigenvalue weighted by Crippen LogP contribution is 2.41. The van der Waals surface area contributed by atoms with Gasteiger partial charge in [0.15, 0.2) is 5.96 Å². The molecule has 1 saturated carbocycles. The summed E-state index contributed by atoms with van der Waals surface area (Å²) in [6, 6.07) is 10.7. The number of aliphatic imine (C=N–C) groups is 1. The molecule has 7 heteroatoms. The minimum absolute atomic E-state index is 0. The third-order valence-corrected chi connectivity index (χ3v) is 5.85. The zero-order chi connectivity index (χ0) is 18.2. The highest BCUT2D eigenvalue weighted by atomic mass is 127. The molecule has 0 unspecified atom stereocenters. The van der Waals surface area contributed by atoms with Crippen LogP contribution in [0, 0.1) is 0 Å². The van der Waals surface area contributed by atoms with Crippen LogP contribution < -0.4 is 10.6 Å². The summed E-state index contributed by atoms with van der Waals surface area (Å²) < 4.78 is 22.5. The van der Waals surface area contributed by atoms with Crippen LogP contribution in [-0.2, 0) is 15.3 Å². The number of hydrogen-bond donors (Lipinski definition) is 2. The van der Waals surface area contributed by atoms with Gasteiger partial charge in [0.25, 0.3) is 0 Å². The van der Waals surface area contributed by atoms with Crippen molar-refractivity contribution in [2.45, 2.75) is 44.4 Å². The Morgan fingerprint density at radius 1 is 1.15 bits per heavy atom. The van der Waals surface area contributed by atoms with Crippen molar-refractivity contribution in [1.29, 1.82) is 0 Å². The Kier molecular flexibility index (Phi) is 9.92. The highest BCUT2D eigenvalue weighted by Gasteiger charge is 2.35. The molecule has 1 aromatic carbocycles. The molecule has 148 valence electrons. The Morgan fingerprint density at radius 3 is 2.38 bits per heavy atom. The van der Waals surface area contributed by atoms with Crippen LogP contribution in [0.25, 0.3) is 0 Å². The van der Waals surface area contributed by atoms with Gasteiger partial charge in [-0.1, -0.05) is 43.2 Å². The minimum Gasteiger partial charge on any atom is -0.357 e. The molecule has 1 aliphatic carbocycles. The molecule has 0 radical (unpaired) electrons. The smallest absolute Gasteiger partial charge is 0.191 e. The van der Waals surface area contributed by atoms with Crippen LogP contribution in [0.1, 0.15) is 44.6 Å². The second-order valence-electron chi connectivity index (χ2n) is 6.96. The van der Waals surface area contributed by atoms with E-state index in [1.807, 2.05) is 6.92 Å². The quantitative estimate of drug-likeness (QED) is 0.253. The molecule has 0 atom stereocenters. The normalized spacial score (nSPS) is 16.8. The van der Waals surface area contributed by atoms with Crippen LogP contribution in [0.2, 0.25) is 0 Å². The first-order valence-corrected chi connectivity index (χ1v) is 11.3. The molecule has 0 aliphatic heterocycles. The molecule has 1 fully saturated rings. The summed E-state index contributed by atoms with van der Waals surface area (Å²) in [5.41, 5.74) is 1.51. The van der Waals surface area contributed by atoms with Crippen molar-refractivity contribution in [1.82, 2.24) is 10.6 Å². The van der Waals surface area contributed by atoms with E-state index in [0.29, 0.717) is 13.0 Å². The molecule has 2 rings (SSSR count). The Morgan fingerprint density at radius 2 is 1.81 bits per heavy atom. The van der Waals surface area contributed by atoms with Crippen LogP contribution in [0.5, 0.6) is 0 Å². The Balaban J connectivity index is 0.00000338. The number of sulfone groups is 1. The molecule has 0 amide bonds. The van der Waals surface area contributed by atoms with E-state index in [4.69, 9.17) is 4.99 Å². The standard InChI is InChI=1S/C19H31N3O2S.HI/c1-3-20-18(21-14-9-15-25(2,23)24)22-16-19(12-7-8-13-19)17-10-5-4-6-11-17;/h4-6,10-11H,3,7-9,12-16H2,1-2H3,(H2,20,21,22);1H. The van der Waals surface area contributed by atoms with E-state index in [9.17, 15) is 8.42 Å². The molecule has 0 bridgehead atoms. The lowest BCUT2D eigenvalue weighted by atomic mass is 9.79. The van der Waals surface area contributed by atoms with Crippen LogP contribution in [0.3, 0.4) is 0 Å². The molecule has 5 nitrogen and oxygen atoms in total. The first-order chi connectivity index (χ1) is 12.0. The summed E-state index contributed by atoms with van der Waals surface area (Å²) in [6.45, 7) is 4.20. The molecule has 0 saturated heterocycles. The summed E-state index contributed by atoms with van der Waals surface area (Å²) >= 11 is 0. The van der Waals surface area contributed by atoms with E-state index < -0.39 is 9.84 Å². The van der Waals surface area contributed by atoms with Gasteiger partial charge >= 0.3 is 0 Å². The van der Waals surface area contributed by atoms with Gasteiger partial charge in [-0.25, -0.2) is 8.42 Å². The van der Waals surface area contributed by atoms with E-state index in [1.165, 1.54) is 37.5 Å². The fourth-order valence-corrected chi connectivity index (χ4v) is 4.16. The minimum atomic E-state index is -2.91. The number of benzene rings is 1. The lowest BCUT2D eigenvalue weighted by Gasteiger charge is -2.28. The van der Waals surface area contributed by atoms with E-state index in [1.54, 1.807) is 0 Å². The van der Waals surface area contributed by atoms with E-state index >= 15 is 0 Å². The summed E-state index contributed by atoms with van der Waals surface area (Å²) in [5, 5.41) is 6.52. The molecular weight excluding hydrogens is 461 g/mol. The SMILES string of the molecule is CCNC(=NCC1(c2ccccc2)CCCC1)NCCCS(C)(=O)=O.I. The fourth-order valence-electron chi connectivity index (χ4n) is 3.49. The van der Waals surface area contributed by atoms with E-state index in [0.717, 1.165) is 19.0 Å². The number of halogens is 1. The molecule has 0 heterocycles. The van der Waals surface area contributed by atoms with Gasteiger partial charge < -0.3 is 10.6 Å². The second-order valence-corrected chi connectivity index (χ2v) is 9.22. The highest BCUT2D eigenvalue weighted by molar-refractivity contribution is 14.0. The van der Waals surface area contributed by atoms with Gasteiger partial charge in [0.1, 0.15) is 9.84 Å². The van der Waals surface area contributed by atoms with Crippen LogP contribution in [0.4, 0.5) is 0 Å². The van der Waals surface area contributed by atoms with Gasteiger partial charge in [0.2, 0.25) is 0 Å². The van der Waals surface area contributed by atoms with Crippen molar-refractivity contribution in [3.05, 3.63) is 35.9 Å². The molecular formula is C19H32IN3O2S. The third kappa shape index (κ3) is 7.42. The van der Waals surface area contributed by atoms with Crippen molar-refractivity contribution < 1.29 is 8.42 Å². The summed E-state index contributed by atoms with van der Waals surface area (Å²) in [6.07, 6.45) is 6.72. The van der Waals surface area contributed by atoms with Gasteiger partial charge in [-0.15, -0.1) is 24.0 Å². The van der Waals surface area contributed by atoms with Crippen molar-refractivity contribution in [2.24, 2.45) is 4.99 Å². The zero-order valence-corrected chi connectivity index (χ0v) is 19.0. The molecule has 2 N–H and O–H groups in total. The number of nitrogens with zero attached hydrogens (tertiary/aromatic N) is 1. The number of hydrogen-bond acceptors (Lipinski definition) is 3. The summed E-state index contributed by atoms with van der Waals surface area (Å²) in [4.78, 5) is 4.82. The van der Waals surface area contributed by atoms with Crippen molar-refractivity contribution >= 4 is 39.8 Å². The van der Waals surface area contributed by atoms with Crippen molar-refractivity contribution in [3.8, 4) is 0 Å². The maximum Gasteiger partial charge on any atom is 0.191 e. The molecule has 1 aliphatic rings. The van der Waals surface area contributed by atoms with Crippen LogP contribution in [-0.4, -0.2) is 46.0 Å². The first kappa shape index (κ1) is 23.2. The molecule has 26 heavy (non-hydrogen) atoms. The van der Waals surface area contributed by atoms with Gasteiger partial charge in [0, 0.05) is 24.8 Å². The van der Waals surface area contributed by atoms with Crippen molar-refractivity contribution in [3.63, 3.8) is 0 Å². The number of rotatable bonds is 8. The van der Waals surface area contributed by atoms with E-state index in [2.05, 4.69) is 41.0 Å². The molecule has 0 spiro atoms. The third-order valence-electron chi connectivity index (χ3n) is 4.82. The fraction of sp³-hybridized carbons (Fsp3) is 0.632. The maximum atomic E-state index is 11.2. The Hall–Kier alpha value is -0.830. The monoisotopic (exact) mass is 493 g/mol. The Bertz CT molecular complexity index is 657. The van der Waals surface area contributed by atoms with Crippen LogP contribution in [0.15, 0.2) is 35.3 Å². The van der Waals surface area contributed by atoms with Crippen LogP contribution >= 0.6 is 24.0 Å². The summed E-state index contributed by atoms with van der Waals surface area (Å²) in [5.74, 6) is 0.978. The van der Waals surface area contributed by atoms with Gasteiger partial charge in [-0.05, 0) is 31.7 Å². The van der Waals surface area contributed by atoms with E-state index in [-0.39, 0.29) is 35.1 Å². The largest absolute Gasteiger partial charge is 0.357 e. The average molecular weight is 493 g/mol. The lowest BCUT2D eigenvalue weighted by molar-refractivity contribution is 0.452. The predicted octanol–water partition coefficient (Wildman–Crippen LogP) is 3.11. The molecule has 0 aromatic heterocycles. The van der Waals surface area contributed by atoms with Gasteiger partial charge in [-0.2, -0.15) is 0 Å². The first-order valence-electron chi connectivity index (χ1n) is 9.21. The second kappa shape index (κ2) is 11.1.